The zero-order chi connectivity index (χ0) is 19.0. The average molecular weight is 370 g/mol. The first-order valence-electron chi connectivity index (χ1n) is 9.91. The lowest BCUT2D eigenvalue weighted by Crippen LogP contribution is -2.49. The number of hydrogen-bond donors (Lipinski definition) is 0. The van der Waals surface area contributed by atoms with Gasteiger partial charge in [0.15, 0.2) is 5.69 Å². The number of aromatic nitrogens is 2. The Kier molecular flexibility index (Phi) is 5.00. The van der Waals surface area contributed by atoms with Gasteiger partial charge in [0.2, 0.25) is 0 Å². The maximum atomic E-state index is 13.3. The molecule has 1 saturated heterocycles. The summed E-state index contributed by atoms with van der Waals surface area (Å²) in [7, 11) is 0. The highest BCUT2D eigenvalue weighted by atomic mass is 19.1. The molecule has 2 aromatic rings. The summed E-state index contributed by atoms with van der Waals surface area (Å²) in [6.07, 6.45) is 2.84. The largest absolute Gasteiger partial charge is 0.335 e. The van der Waals surface area contributed by atoms with E-state index in [9.17, 15) is 9.18 Å². The van der Waals surface area contributed by atoms with Crippen LogP contribution in [0.2, 0.25) is 0 Å². The molecule has 144 valence electrons. The molecule has 0 atom stereocenters. The Hall–Kier alpha value is -2.21. The number of halogens is 1. The Labute approximate surface area is 159 Å². The summed E-state index contributed by atoms with van der Waals surface area (Å²) in [4.78, 5) is 17.5. The second kappa shape index (κ2) is 7.43. The van der Waals surface area contributed by atoms with Gasteiger partial charge in [-0.15, -0.1) is 0 Å². The molecule has 1 fully saturated rings. The molecular weight excluding hydrogens is 343 g/mol. The first-order valence-corrected chi connectivity index (χ1v) is 9.91. The number of carbonyl (C=O) groups is 1. The van der Waals surface area contributed by atoms with Crippen LogP contribution in [-0.4, -0.2) is 58.2 Å². The molecule has 1 amide bonds. The summed E-state index contributed by atoms with van der Waals surface area (Å²) in [6.45, 7) is 8.88. The van der Waals surface area contributed by atoms with Crippen molar-refractivity contribution in [2.75, 3.05) is 32.7 Å². The second-order valence-corrected chi connectivity index (χ2v) is 8.00. The van der Waals surface area contributed by atoms with E-state index < -0.39 is 0 Å². The number of benzene rings is 1. The third-order valence-electron chi connectivity index (χ3n) is 5.49. The highest BCUT2D eigenvalue weighted by Crippen LogP contribution is 2.29. The van der Waals surface area contributed by atoms with Gasteiger partial charge in [0.05, 0.1) is 5.69 Å². The molecule has 27 heavy (non-hydrogen) atoms. The van der Waals surface area contributed by atoms with Crippen LogP contribution in [-0.2, 0) is 12.8 Å². The highest BCUT2D eigenvalue weighted by Gasteiger charge is 2.31. The van der Waals surface area contributed by atoms with Crippen molar-refractivity contribution in [1.82, 2.24) is 19.6 Å². The monoisotopic (exact) mass is 370 g/mol. The van der Waals surface area contributed by atoms with E-state index in [1.54, 1.807) is 12.1 Å². The van der Waals surface area contributed by atoms with Crippen molar-refractivity contribution in [2.45, 2.75) is 33.1 Å². The number of fused-ring (bicyclic) bond motifs is 1. The first-order chi connectivity index (χ1) is 13.0. The Bertz CT molecular complexity index is 819. The van der Waals surface area contributed by atoms with E-state index >= 15 is 0 Å². The Balaban J connectivity index is 1.55. The molecule has 1 aliphatic heterocycles. The topological polar surface area (TPSA) is 41.4 Å². The molecule has 4 rings (SSSR count). The standard InChI is InChI=1S/C21H27FN4O/c1-15(2)14-24-10-12-25(13-11-24)21(27)20-18-4-3-5-19(18)26(23-20)17-8-6-16(22)7-9-17/h6-9,15H,3-5,10-14H2,1-2H3. The molecule has 1 aromatic carbocycles. The van der Waals surface area contributed by atoms with E-state index in [1.165, 1.54) is 12.1 Å². The fourth-order valence-corrected chi connectivity index (χ4v) is 4.20. The van der Waals surface area contributed by atoms with E-state index in [1.807, 2.05) is 9.58 Å². The third kappa shape index (κ3) is 3.63. The van der Waals surface area contributed by atoms with E-state index in [2.05, 4.69) is 23.8 Å². The maximum absolute atomic E-state index is 13.3. The molecule has 0 radical (unpaired) electrons. The number of piperazine rings is 1. The molecule has 0 spiro atoms. The number of amides is 1. The number of hydrogen-bond acceptors (Lipinski definition) is 3. The normalized spacial score (nSPS) is 17.6. The van der Waals surface area contributed by atoms with Crippen molar-refractivity contribution in [3.8, 4) is 5.69 Å². The van der Waals surface area contributed by atoms with Crippen LogP contribution in [0.25, 0.3) is 5.69 Å². The van der Waals surface area contributed by atoms with Gasteiger partial charge >= 0.3 is 0 Å². The Morgan fingerprint density at radius 3 is 2.48 bits per heavy atom. The molecule has 1 aromatic heterocycles. The van der Waals surface area contributed by atoms with Crippen molar-refractivity contribution in [2.24, 2.45) is 5.92 Å². The van der Waals surface area contributed by atoms with Crippen LogP contribution in [0.1, 0.15) is 42.0 Å². The van der Waals surface area contributed by atoms with Gasteiger partial charge in [-0.3, -0.25) is 9.69 Å². The summed E-state index contributed by atoms with van der Waals surface area (Å²) in [6, 6.07) is 6.32. The Morgan fingerprint density at radius 1 is 1.11 bits per heavy atom. The summed E-state index contributed by atoms with van der Waals surface area (Å²) >= 11 is 0. The van der Waals surface area contributed by atoms with Gasteiger partial charge in [-0.25, -0.2) is 9.07 Å². The van der Waals surface area contributed by atoms with Crippen LogP contribution in [0.15, 0.2) is 24.3 Å². The van der Waals surface area contributed by atoms with Gasteiger partial charge in [0, 0.05) is 44.0 Å². The van der Waals surface area contributed by atoms with Crippen LogP contribution in [0.5, 0.6) is 0 Å². The lowest BCUT2D eigenvalue weighted by atomic mass is 10.1. The molecule has 0 N–H and O–H groups in total. The van der Waals surface area contributed by atoms with Crippen LogP contribution in [0.3, 0.4) is 0 Å². The van der Waals surface area contributed by atoms with Gasteiger partial charge in [-0.1, -0.05) is 13.8 Å². The molecule has 0 saturated carbocycles. The predicted molar refractivity (Wildman–Crippen MR) is 103 cm³/mol. The van der Waals surface area contributed by atoms with Crippen molar-refractivity contribution >= 4 is 5.91 Å². The zero-order valence-corrected chi connectivity index (χ0v) is 16.1. The van der Waals surface area contributed by atoms with Crippen molar-refractivity contribution in [3.63, 3.8) is 0 Å². The zero-order valence-electron chi connectivity index (χ0n) is 16.1. The lowest BCUT2D eigenvalue weighted by Gasteiger charge is -2.35. The smallest absolute Gasteiger partial charge is 0.274 e. The van der Waals surface area contributed by atoms with E-state index in [0.29, 0.717) is 11.6 Å². The molecule has 2 aliphatic rings. The van der Waals surface area contributed by atoms with E-state index in [4.69, 9.17) is 0 Å². The molecule has 0 unspecified atom stereocenters. The first kappa shape index (κ1) is 18.2. The van der Waals surface area contributed by atoms with Crippen LogP contribution < -0.4 is 0 Å². The van der Waals surface area contributed by atoms with Crippen LogP contribution in [0, 0.1) is 11.7 Å². The molecule has 5 nitrogen and oxygen atoms in total. The summed E-state index contributed by atoms with van der Waals surface area (Å²) < 4.78 is 15.1. The van der Waals surface area contributed by atoms with Crippen molar-refractivity contribution in [3.05, 3.63) is 47.0 Å². The fourth-order valence-electron chi connectivity index (χ4n) is 4.20. The van der Waals surface area contributed by atoms with Crippen molar-refractivity contribution < 1.29 is 9.18 Å². The van der Waals surface area contributed by atoms with E-state index in [-0.39, 0.29) is 11.7 Å². The third-order valence-corrected chi connectivity index (χ3v) is 5.49. The highest BCUT2D eigenvalue weighted by molar-refractivity contribution is 5.94. The lowest BCUT2D eigenvalue weighted by molar-refractivity contribution is 0.0616. The van der Waals surface area contributed by atoms with Crippen LogP contribution in [0.4, 0.5) is 4.39 Å². The van der Waals surface area contributed by atoms with Gasteiger partial charge in [0.25, 0.3) is 5.91 Å². The molecule has 1 aliphatic carbocycles. The Morgan fingerprint density at radius 2 is 1.81 bits per heavy atom. The maximum Gasteiger partial charge on any atom is 0.274 e. The molecular formula is C21H27FN4O. The SMILES string of the molecule is CC(C)CN1CCN(C(=O)c2nn(-c3ccc(F)cc3)c3c2CCC3)CC1. The second-order valence-electron chi connectivity index (χ2n) is 8.00. The van der Waals surface area contributed by atoms with E-state index in [0.717, 1.165) is 68.9 Å². The number of nitrogens with zero attached hydrogens (tertiary/aromatic N) is 4. The summed E-state index contributed by atoms with van der Waals surface area (Å²) in [5.74, 6) is 0.415. The quantitative estimate of drug-likeness (QED) is 0.831. The summed E-state index contributed by atoms with van der Waals surface area (Å²) in [5.41, 5.74) is 3.58. The minimum atomic E-state index is -0.266. The predicted octanol–water partition coefficient (Wildman–Crippen LogP) is 2.91. The van der Waals surface area contributed by atoms with Gasteiger partial charge in [-0.05, 0) is 49.4 Å². The van der Waals surface area contributed by atoms with Gasteiger partial charge < -0.3 is 4.90 Å². The van der Waals surface area contributed by atoms with Crippen molar-refractivity contribution in [1.29, 1.82) is 0 Å². The van der Waals surface area contributed by atoms with Gasteiger partial charge in [0.1, 0.15) is 5.82 Å². The fraction of sp³-hybridized carbons (Fsp3) is 0.524. The molecule has 2 heterocycles. The minimum absolute atomic E-state index is 0.0400. The number of rotatable bonds is 4. The van der Waals surface area contributed by atoms with Crippen LogP contribution >= 0.6 is 0 Å². The molecule has 0 bridgehead atoms. The van der Waals surface area contributed by atoms with Gasteiger partial charge in [-0.2, -0.15) is 5.10 Å². The average Bonchev–Trinajstić information content (AvgIpc) is 3.25. The number of carbonyl (C=O) groups excluding carboxylic acids is 1. The minimum Gasteiger partial charge on any atom is -0.335 e. The summed E-state index contributed by atoms with van der Waals surface area (Å²) in [5, 5.41) is 4.66. The molecule has 6 heteroatoms.